The summed E-state index contributed by atoms with van der Waals surface area (Å²) in [5.41, 5.74) is 1.66. The maximum absolute atomic E-state index is 13.3. The maximum atomic E-state index is 13.3. The van der Waals surface area contributed by atoms with Gasteiger partial charge in [0.15, 0.2) is 5.78 Å². The van der Waals surface area contributed by atoms with Crippen molar-refractivity contribution in [3.63, 3.8) is 0 Å². The van der Waals surface area contributed by atoms with Gasteiger partial charge in [-0.05, 0) is 48.9 Å². The molecule has 0 saturated heterocycles. The highest BCUT2D eigenvalue weighted by Crippen LogP contribution is 2.34. The second-order valence-corrected chi connectivity index (χ2v) is 10.3. The first-order chi connectivity index (χ1) is 17.9. The molecule has 2 heterocycles. The highest BCUT2D eigenvalue weighted by molar-refractivity contribution is 7.84. The topological polar surface area (TPSA) is 147 Å². The third-order valence-corrected chi connectivity index (χ3v) is 6.70. The van der Waals surface area contributed by atoms with E-state index < -0.39 is 28.7 Å². The van der Waals surface area contributed by atoms with Crippen LogP contribution < -0.4 is 9.88 Å². The summed E-state index contributed by atoms with van der Waals surface area (Å²) >= 11 is 0. The number of hydrogen-bond acceptors (Lipinski definition) is 8. The quantitative estimate of drug-likeness (QED) is 0.364. The molecular weight excluding hydrogens is 529 g/mol. The number of aliphatic hydroxyl groups is 1. The molecule has 0 unspecified atom stereocenters. The van der Waals surface area contributed by atoms with Crippen molar-refractivity contribution < 1.29 is 40.4 Å². The van der Waals surface area contributed by atoms with E-state index in [2.05, 4.69) is 18.9 Å². The Morgan fingerprint density at radius 2 is 2.03 bits per heavy atom. The molecule has 14 heteroatoms. The van der Waals surface area contributed by atoms with E-state index in [0.717, 1.165) is 0 Å². The number of alkyl halides is 3. The van der Waals surface area contributed by atoms with Gasteiger partial charge in [0.25, 0.3) is 0 Å². The van der Waals surface area contributed by atoms with E-state index >= 15 is 0 Å². The van der Waals surface area contributed by atoms with E-state index in [9.17, 15) is 31.5 Å². The lowest BCUT2D eigenvalue weighted by Crippen LogP contribution is -2.24. The van der Waals surface area contributed by atoms with Gasteiger partial charge >= 0.3 is 16.7 Å². The number of aromatic nitrogens is 3. The first-order valence-corrected chi connectivity index (χ1v) is 13.0. The van der Waals surface area contributed by atoms with Crippen LogP contribution in [-0.4, -0.2) is 52.9 Å². The summed E-state index contributed by atoms with van der Waals surface area (Å²) in [7, 11) is -4.12. The van der Waals surface area contributed by atoms with Gasteiger partial charge in [-0.25, -0.2) is 15.1 Å². The standard InChI is InChI=1S/C24H25F3N4O6S/c25-24(26,27)37-19-3-1-2-15(7-19)11-31-5-4-17(12-31)23(33)20-10-29-14-30-21(20)8-16-6-18(22(32)9-16)13-36-38(28,34)35/h1-5,7,10,12,14,16,18,22,32H,6,8-9,11,13H2,(H2,28,34,35)/t16-,18+,22-/m0/s1. The van der Waals surface area contributed by atoms with Crippen molar-refractivity contribution in [2.45, 2.75) is 38.3 Å². The zero-order chi connectivity index (χ0) is 27.5. The Bertz CT molecular complexity index is 1400. The lowest BCUT2D eigenvalue weighted by atomic mass is 9.95. The Balaban J connectivity index is 1.43. The van der Waals surface area contributed by atoms with Crippen molar-refractivity contribution in [3.05, 3.63) is 77.6 Å². The van der Waals surface area contributed by atoms with Gasteiger partial charge in [-0.2, -0.15) is 8.42 Å². The molecule has 0 amide bonds. The van der Waals surface area contributed by atoms with E-state index in [4.69, 9.17) is 5.14 Å². The smallest absolute Gasteiger partial charge is 0.406 e. The number of benzene rings is 1. The fraction of sp³-hybridized carbons (Fsp3) is 0.375. The molecule has 0 radical (unpaired) electrons. The lowest BCUT2D eigenvalue weighted by molar-refractivity contribution is -0.274. The molecule has 0 spiro atoms. The molecule has 1 fully saturated rings. The average Bonchev–Trinajstić information content (AvgIpc) is 3.42. The van der Waals surface area contributed by atoms with Crippen LogP contribution in [0.1, 0.15) is 40.0 Å². The molecule has 0 bridgehead atoms. The zero-order valence-corrected chi connectivity index (χ0v) is 20.7. The van der Waals surface area contributed by atoms with Gasteiger partial charge in [-0.15, -0.1) is 13.2 Å². The number of ketones is 1. The highest BCUT2D eigenvalue weighted by atomic mass is 32.2. The number of ether oxygens (including phenoxy) is 1. The van der Waals surface area contributed by atoms with Crippen LogP contribution in [0.3, 0.4) is 0 Å². The van der Waals surface area contributed by atoms with Crippen LogP contribution in [0, 0.1) is 11.8 Å². The Labute approximate surface area is 216 Å². The number of rotatable bonds is 10. The minimum Gasteiger partial charge on any atom is -0.406 e. The Kier molecular flexibility index (Phi) is 8.16. The average molecular weight is 555 g/mol. The third-order valence-electron chi connectivity index (χ3n) is 6.23. The molecule has 10 nitrogen and oxygen atoms in total. The Morgan fingerprint density at radius 1 is 1.24 bits per heavy atom. The number of carbonyl (C=O) groups excluding carboxylic acids is 1. The maximum Gasteiger partial charge on any atom is 0.573 e. The number of nitrogens with zero attached hydrogens (tertiary/aromatic N) is 3. The summed E-state index contributed by atoms with van der Waals surface area (Å²) < 4.78 is 69.9. The zero-order valence-electron chi connectivity index (χ0n) is 19.9. The summed E-state index contributed by atoms with van der Waals surface area (Å²) in [6.45, 7) is -0.0206. The van der Waals surface area contributed by atoms with Crippen LogP contribution >= 0.6 is 0 Å². The first-order valence-electron chi connectivity index (χ1n) is 11.6. The van der Waals surface area contributed by atoms with Crippen LogP contribution in [0.25, 0.3) is 0 Å². The third kappa shape index (κ3) is 7.60. The van der Waals surface area contributed by atoms with E-state index in [1.54, 1.807) is 29.1 Å². The van der Waals surface area contributed by atoms with E-state index in [1.807, 2.05) is 0 Å². The summed E-state index contributed by atoms with van der Waals surface area (Å²) in [4.78, 5) is 21.5. The van der Waals surface area contributed by atoms with Crippen LogP contribution in [0.15, 0.2) is 55.2 Å². The Hall–Kier alpha value is -3.33. The molecule has 204 valence electrons. The molecule has 1 aromatic carbocycles. The van der Waals surface area contributed by atoms with E-state index in [-0.39, 0.29) is 36.2 Å². The van der Waals surface area contributed by atoms with Gasteiger partial charge in [-0.1, -0.05) is 12.1 Å². The second-order valence-electron chi connectivity index (χ2n) is 9.13. The van der Waals surface area contributed by atoms with Gasteiger partial charge in [0.1, 0.15) is 12.1 Å². The largest absolute Gasteiger partial charge is 0.573 e. The molecule has 3 aromatic rings. The minimum atomic E-state index is -4.79. The molecule has 1 saturated carbocycles. The van der Waals surface area contributed by atoms with Crippen molar-refractivity contribution in [2.75, 3.05) is 6.61 Å². The molecule has 1 aliphatic rings. The van der Waals surface area contributed by atoms with Gasteiger partial charge in [0.05, 0.1) is 24.0 Å². The monoisotopic (exact) mass is 554 g/mol. The van der Waals surface area contributed by atoms with Gasteiger partial charge < -0.3 is 14.4 Å². The molecule has 3 atom stereocenters. The molecule has 3 N–H and O–H groups in total. The number of hydrogen-bond donors (Lipinski definition) is 2. The van der Waals surface area contributed by atoms with Gasteiger partial charge in [0, 0.05) is 36.6 Å². The van der Waals surface area contributed by atoms with Crippen LogP contribution in [-0.2, 0) is 27.5 Å². The second kappa shape index (κ2) is 11.2. The van der Waals surface area contributed by atoms with Gasteiger partial charge in [0.2, 0.25) is 0 Å². The predicted octanol–water partition coefficient (Wildman–Crippen LogP) is 2.61. The minimum absolute atomic E-state index is 0.0729. The van der Waals surface area contributed by atoms with Crippen molar-refractivity contribution in [3.8, 4) is 5.75 Å². The molecule has 38 heavy (non-hydrogen) atoms. The van der Waals surface area contributed by atoms with Crippen molar-refractivity contribution in [1.82, 2.24) is 14.5 Å². The van der Waals surface area contributed by atoms with Crippen LogP contribution in [0.2, 0.25) is 0 Å². The van der Waals surface area contributed by atoms with Crippen LogP contribution in [0.4, 0.5) is 13.2 Å². The lowest BCUT2D eigenvalue weighted by Gasteiger charge is -2.13. The van der Waals surface area contributed by atoms with Gasteiger partial charge in [-0.3, -0.25) is 8.98 Å². The molecule has 2 aromatic heterocycles. The summed E-state index contributed by atoms with van der Waals surface area (Å²) in [6.07, 6.45) is 1.57. The van der Waals surface area contributed by atoms with Crippen LogP contribution in [0.5, 0.6) is 5.75 Å². The number of halogens is 3. The fourth-order valence-corrected chi connectivity index (χ4v) is 4.97. The molecular formula is C24H25F3N4O6S. The number of nitrogens with two attached hydrogens (primary N) is 1. The fourth-order valence-electron chi connectivity index (χ4n) is 4.60. The number of carbonyl (C=O) groups is 1. The predicted molar refractivity (Wildman–Crippen MR) is 127 cm³/mol. The summed E-state index contributed by atoms with van der Waals surface area (Å²) in [5.74, 6) is -1.16. The van der Waals surface area contributed by atoms with E-state index in [0.29, 0.717) is 36.1 Å². The van der Waals surface area contributed by atoms with Crippen molar-refractivity contribution >= 4 is 16.1 Å². The molecule has 4 rings (SSSR count). The summed E-state index contributed by atoms with van der Waals surface area (Å²) in [6, 6.07) is 7.16. The molecule has 1 aliphatic carbocycles. The highest BCUT2D eigenvalue weighted by Gasteiger charge is 2.35. The van der Waals surface area contributed by atoms with Crippen molar-refractivity contribution in [2.24, 2.45) is 17.0 Å². The van der Waals surface area contributed by atoms with E-state index in [1.165, 1.54) is 30.7 Å². The Morgan fingerprint density at radius 3 is 2.76 bits per heavy atom. The summed E-state index contributed by atoms with van der Waals surface area (Å²) in [5, 5.41) is 15.2. The SMILES string of the molecule is NS(=O)(=O)OC[C@H]1C[C@@H](Cc2ncncc2C(=O)c2ccn(Cc3cccc(OC(F)(F)F)c3)c2)C[C@@H]1O. The normalized spacial score (nSPS) is 20.0. The molecule has 0 aliphatic heterocycles. The first kappa shape index (κ1) is 27.7. The van der Waals surface area contributed by atoms with Crippen molar-refractivity contribution in [1.29, 1.82) is 0 Å². The number of aliphatic hydroxyl groups excluding tert-OH is 1.